The predicted molar refractivity (Wildman–Crippen MR) is 109 cm³/mol. The van der Waals surface area contributed by atoms with Crippen LogP contribution in [-0.2, 0) is 16.1 Å². The van der Waals surface area contributed by atoms with Gasteiger partial charge in [0.15, 0.2) is 5.82 Å². The molecule has 0 saturated heterocycles. The third kappa shape index (κ3) is 4.03. The topological polar surface area (TPSA) is 108 Å². The van der Waals surface area contributed by atoms with Crippen LogP contribution >= 0.6 is 15.9 Å². The molecular formula is C19H17BrFN5O4. The van der Waals surface area contributed by atoms with Gasteiger partial charge in [-0.1, -0.05) is 15.9 Å². The van der Waals surface area contributed by atoms with Crippen LogP contribution in [0, 0.1) is 5.82 Å². The van der Waals surface area contributed by atoms with Crippen molar-refractivity contribution in [2.75, 3.05) is 12.4 Å². The molecule has 11 heteroatoms. The highest BCUT2D eigenvalue weighted by molar-refractivity contribution is 9.10. The lowest BCUT2D eigenvalue weighted by Crippen LogP contribution is -2.45. The fourth-order valence-corrected chi connectivity index (χ4v) is 3.44. The van der Waals surface area contributed by atoms with Crippen LogP contribution in [0.5, 0.6) is 5.88 Å². The molecule has 2 aromatic heterocycles. The van der Waals surface area contributed by atoms with Gasteiger partial charge in [0.25, 0.3) is 5.56 Å². The summed E-state index contributed by atoms with van der Waals surface area (Å²) in [6.07, 6.45) is 4.20. The largest absolute Gasteiger partial charge is 0.444 e. The fourth-order valence-electron chi connectivity index (χ4n) is 3.08. The van der Waals surface area contributed by atoms with E-state index in [4.69, 9.17) is 9.47 Å². The Morgan fingerprint density at radius 3 is 2.67 bits per heavy atom. The van der Waals surface area contributed by atoms with Crippen molar-refractivity contribution in [2.45, 2.75) is 31.6 Å². The monoisotopic (exact) mass is 477 g/mol. The van der Waals surface area contributed by atoms with Crippen molar-refractivity contribution >= 4 is 38.6 Å². The summed E-state index contributed by atoms with van der Waals surface area (Å²) in [7, 11) is 1.56. The van der Waals surface area contributed by atoms with E-state index in [9.17, 15) is 14.0 Å². The Kier molecular flexibility index (Phi) is 5.48. The first-order valence-corrected chi connectivity index (χ1v) is 9.90. The van der Waals surface area contributed by atoms with E-state index < -0.39 is 29.6 Å². The Hall–Kier alpha value is -2.92. The Morgan fingerprint density at radius 1 is 1.30 bits per heavy atom. The SMILES string of the molecule is COC1(Oc2nn(CC(=O)Nc3ncc(F)cn3)c(=O)c3ccc(Br)cc23)CCC1. The van der Waals surface area contributed by atoms with Crippen LogP contribution in [0.4, 0.5) is 10.3 Å². The zero-order valence-corrected chi connectivity index (χ0v) is 17.5. The molecule has 0 atom stereocenters. The van der Waals surface area contributed by atoms with Crippen LogP contribution in [0.15, 0.2) is 39.9 Å². The molecule has 0 aliphatic heterocycles. The minimum Gasteiger partial charge on any atom is -0.444 e. The summed E-state index contributed by atoms with van der Waals surface area (Å²) >= 11 is 3.39. The van der Waals surface area contributed by atoms with E-state index in [1.165, 1.54) is 0 Å². The van der Waals surface area contributed by atoms with Gasteiger partial charge in [-0.3, -0.25) is 14.9 Å². The molecule has 4 rings (SSSR count). The average Bonchev–Trinajstić information content (AvgIpc) is 2.69. The van der Waals surface area contributed by atoms with Gasteiger partial charge in [0.05, 0.1) is 23.2 Å². The van der Waals surface area contributed by atoms with E-state index in [0.717, 1.165) is 28.0 Å². The number of benzene rings is 1. The average molecular weight is 478 g/mol. The van der Waals surface area contributed by atoms with Crippen molar-refractivity contribution in [3.8, 4) is 5.88 Å². The molecule has 1 aliphatic rings. The first-order chi connectivity index (χ1) is 14.4. The van der Waals surface area contributed by atoms with E-state index in [1.54, 1.807) is 25.3 Å². The molecule has 1 aliphatic carbocycles. The van der Waals surface area contributed by atoms with Gasteiger partial charge >= 0.3 is 0 Å². The molecular weight excluding hydrogens is 461 g/mol. The molecule has 2 heterocycles. The Bertz CT molecular complexity index is 1160. The zero-order valence-electron chi connectivity index (χ0n) is 15.9. The Balaban J connectivity index is 1.68. The van der Waals surface area contributed by atoms with Crippen molar-refractivity contribution in [3.05, 3.63) is 51.2 Å². The number of rotatable bonds is 6. The van der Waals surface area contributed by atoms with E-state index >= 15 is 0 Å². The molecule has 1 fully saturated rings. The van der Waals surface area contributed by atoms with Gasteiger partial charge < -0.3 is 9.47 Å². The van der Waals surface area contributed by atoms with E-state index in [1.807, 2.05) is 0 Å². The Morgan fingerprint density at radius 2 is 2.03 bits per heavy atom. The van der Waals surface area contributed by atoms with Crippen LogP contribution in [0.2, 0.25) is 0 Å². The van der Waals surface area contributed by atoms with Gasteiger partial charge in [-0.25, -0.2) is 19.0 Å². The van der Waals surface area contributed by atoms with E-state index in [-0.39, 0.29) is 11.8 Å². The van der Waals surface area contributed by atoms with Crippen LogP contribution < -0.4 is 15.6 Å². The Labute approximate surface area is 178 Å². The summed E-state index contributed by atoms with van der Waals surface area (Å²) in [5.74, 6) is -1.91. The number of ether oxygens (including phenoxy) is 2. The van der Waals surface area contributed by atoms with Crippen molar-refractivity contribution in [1.82, 2.24) is 19.7 Å². The number of methoxy groups -OCH3 is 1. The molecule has 0 radical (unpaired) electrons. The van der Waals surface area contributed by atoms with E-state index in [0.29, 0.717) is 23.6 Å². The third-order valence-corrected chi connectivity index (χ3v) is 5.32. The predicted octanol–water partition coefficient (Wildman–Crippen LogP) is 2.63. The summed E-state index contributed by atoms with van der Waals surface area (Å²) < 4.78 is 26.2. The summed E-state index contributed by atoms with van der Waals surface area (Å²) in [5.41, 5.74) is -0.458. The highest BCUT2D eigenvalue weighted by Gasteiger charge is 2.40. The number of nitrogens with one attached hydrogen (secondary N) is 1. The quantitative estimate of drug-likeness (QED) is 0.543. The summed E-state index contributed by atoms with van der Waals surface area (Å²) in [6, 6.07) is 5.09. The minimum atomic E-state index is -0.797. The van der Waals surface area contributed by atoms with Crippen molar-refractivity contribution in [3.63, 3.8) is 0 Å². The smallest absolute Gasteiger partial charge is 0.275 e. The summed E-state index contributed by atoms with van der Waals surface area (Å²) in [5, 5.41) is 7.53. The molecule has 0 bridgehead atoms. The van der Waals surface area contributed by atoms with Crippen molar-refractivity contribution < 1.29 is 18.7 Å². The standard InChI is InChI=1S/C19H17BrFN5O4/c1-29-19(5-2-6-19)30-16-14-7-11(20)3-4-13(14)17(28)26(25-16)10-15(27)24-18-22-8-12(21)9-23-18/h3-4,7-9H,2,5-6,10H2,1H3,(H,22,23,24,27). The summed E-state index contributed by atoms with van der Waals surface area (Å²) in [4.78, 5) is 32.6. The maximum absolute atomic E-state index is 12.9. The van der Waals surface area contributed by atoms with Gasteiger partial charge in [0, 0.05) is 24.4 Å². The van der Waals surface area contributed by atoms with Crippen molar-refractivity contribution in [1.29, 1.82) is 0 Å². The minimum absolute atomic E-state index is 0.0801. The number of hydrogen-bond donors (Lipinski definition) is 1. The second-order valence-corrected chi connectivity index (χ2v) is 7.72. The normalized spacial score (nSPS) is 14.9. The van der Waals surface area contributed by atoms with Crippen LogP contribution in [0.25, 0.3) is 10.8 Å². The number of hydrogen-bond acceptors (Lipinski definition) is 7. The molecule has 156 valence electrons. The van der Waals surface area contributed by atoms with Crippen LogP contribution in [0.3, 0.4) is 0 Å². The van der Waals surface area contributed by atoms with Crippen LogP contribution in [-0.4, -0.2) is 38.6 Å². The maximum atomic E-state index is 12.9. The molecule has 0 unspecified atom stereocenters. The molecule has 1 amide bonds. The number of aromatic nitrogens is 4. The number of halogens is 2. The number of anilines is 1. The van der Waals surface area contributed by atoms with Gasteiger partial charge in [-0.2, -0.15) is 0 Å². The molecule has 1 aromatic carbocycles. The highest BCUT2D eigenvalue weighted by atomic mass is 79.9. The molecule has 1 N–H and O–H groups in total. The lowest BCUT2D eigenvalue weighted by molar-refractivity contribution is -0.213. The lowest BCUT2D eigenvalue weighted by atomic mass is 9.91. The number of carbonyl (C=O) groups is 1. The maximum Gasteiger partial charge on any atom is 0.275 e. The van der Waals surface area contributed by atoms with E-state index in [2.05, 4.69) is 36.3 Å². The lowest BCUT2D eigenvalue weighted by Gasteiger charge is -2.39. The third-order valence-electron chi connectivity index (χ3n) is 4.82. The molecule has 3 aromatic rings. The van der Waals surface area contributed by atoms with Gasteiger partial charge in [-0.05, 0) is 24.6 Å². The fraction of sp³-hybridized carbons (Fsp3) is 0.316. The van der Waals surface area contributed by atoms with Gasteiger partial charge in [-0.15, -0.1) is 5.10 Å². The van der Waals surface area contributed by atoms with Gasteiger partial charge in [0.1, 0.15) is 6.54 Å². The first-order valence-electron chi connectivity index (χ1n) is 9.11. The van der Waals surface area contributed by atoms with Crippen LogP contribution in [0.1, 0.15) is 19.3 Å². The number of carbonyl (C=O) groups excluding carboxylic acids is 1. The molecule has 30 heavy (non-hydrogen) atoms. The first kappa shape index (κ1) is 20.4. The second kappa shape index (κ2) is 8.07. The second-order valence-electron chi connectivity index (χ2n) is 6.80. The zero-order chi connectivity index (χ0) is 21.3. The number of amides is 1. The summed E-state index contributed by atoms with van der Waals surface area (Å²) in [6.45, 7) is -0.401. The molecule has 1 saturated carbocycles. The number of fused-ring (bicyclic) bond motifs is 1. The molecule has 9 nitrogen and oxygen atoms in total. The molecule has 0 spiro atoms. The van der Waals surface area contributed by atoms with Crippen molar-refractivity contribution in [2.24, 2.45) is 0 Å². The highest BCUT2D eigenvalue weighted by Crippen LogP contribution is 2.38. The van der Waals surface area contributed by atoms with Gasteiger partial charge in [0.2, 0.25) is 23.5 Å². The number of nitrogens with zero attached hydrogens (tertiary/aromatic N) is 4.